The van der Waals surface area contributed by atoms with E-state index in [1.807, 2.05) is 30.3 Å². The van der Waals surface area contributed by atoms with Gasteiger partial charge in [0.1, 0.15) is 46.7 Å². The summed E-state index contributed by atoms with van der Waals surface area (Å²) in [7, 11) is 2.80. The summed E-state index contributed by atoms with van der Waals surface area (Å²) in [5.74, 6) is -4.82. The number of thiazole rings is 1. The molecule has 0 fully saturated rings. The normalized spacial score (nSPS) is 21.9. The van der Waals surface area contributed by atoms with Crippen LogP contribution < -0.4 is 36.6 Å². The number of aliphatic hydroxyl groups is 1. The summed E-state index contributed by atoms with van der Waals surface area (Å²) in [4.78, 5) is 107. The summed E-state index contributed by atoms with van der Waals surface area (Å²) in [6, 6.07) is 6.63. The number of amides is 7. The number of ether oxygens (including phenoxy) is 1. The third-order valence-electron chi connectivity index (χ3n) is 10.1. The minimum atomic E-state index is -1.33. The molecule has 61 heavy (non-hydrogen) atoms. The Balaban J connectivity index is 1.37. The van der Waals surface area contributed by atoms with Crippen LogP contribution >= 0.6 is 11.3 Å². The van der Waals surface area contributed by atoms with Crippen LogP contribution in [0.2, 0.25) is 0 Å². The highest BCUT2D eigenvalue weighted by atomic mass is 32.1. The third-order valence-corrected chi connectivity index (χ3v) is 11.0. The first-order valence-electron chi connectivity index (χ1n) is 19.2. The quantitative estimate of drug-likeness (QED) is 0.106. The van der Waals surface area contributed by atoms with Gasteiger partial charge in [0.15, 0.2) is 0 Å². The van der Waals surface area contributed by atoms with E-state index in [9.17, 15) is 38.7 Å². The molecular formula is C41H46N10O9S. The van der Waals surface area contributed by atoms with Gasteiger partial charge in [0.2, 0.25) is 29.5 Å². The van der Waals surface area contributed by atoms with E-state index in [0.29, 0.717) is 27.8 Å². The van der Waals surface area contributed by atoms with Crippen LogP contribution in [0.3, 0.4) is 0 Å². The van der Waals surface area contributed by atoms with Crippen LogP contribution in [0.5, 0.6) is 5.75 Å². The molecule has 0 saturated carbocycles. The fourth-order valence-corrected chi connectivity index (χ4v) is 7.64. The van der Waals surface area contributed by atoms with Crippen LogP contribution in [-0.4, -0.2) is 118 Å². The predicted octanol–water partition coefficient (Wildman–Crippen LogP) is 0.444. The topological polar surface area (TPSA) is 269 Å². The Morgan fingerprint density at radius 1 is 0.787 bits per heavy atom. The van der Waals surface area contributed by atoms with Crippen molar-refractivity contribution in [1.29, 1.82) is 0 Å². The number of carbonyl (C=O) groups is 7. The monoisotopic (exact) mass is 854 g/mol. The summed E-state index contributed by atoms with van der Waals surface area (Å²) in [5.41, 5.74) is 2.28. The van der Waals surface area contributed by atoms with E-state index in [4.69, 9.17) is 4.74 Å². The molecule has 5 atom stereocenters. The maximum absolute atomic E-state index is 14.5. The molecule has 320 valence electrons. The molecule has 2 bridgehead atoms. The Hall–Kier alpha value is -7.06. The lowest BCUT2D eigenvalue weighted by Gasteiger charge is -2.25. The zero-order valence-electron chi connectivity index (χ0n) is 33.7. The van der Waals surface area contributed by atoms with Gasteiger partial charge in [0, 0.05) is 59.5 Å². The molecule has 1 aliphatic rings. The number of H-pyrrole nitrogens is 2. The van der Waals surface area contributed by atoms with Crippen LogP contribution in [0.4, 0.5) is 0 Å². The van der Waals surface area contributed by atoms with E-state index in [2.05, 4.69) is 53.4 Å². The van der Waals surface area contributed by atoms with Crippen molar-refractivity contribution in [3.05, 3.63) is 94.3 Å². The van der Waals surface area contributed by atoms with Crippen molar-refractivity contribution in [2.45, 2.75) is 56.9 Å². The molecule has 7 amide bonds. The Kier molecular flexibility index (Phi) is 13.5. The number of aliphatic hydroxyl groups excluding tert-OH is 1. The number of carbonyl (C=O) groups excluding carboxylic acids is 7. The molecule has 2 aromatic carbocycles. The molecule has 1 aliphatic heterocycles. The number of para-hydroxylation sites is 1. The van der Waals surface area contributed by atoms with Crippen molar-refractivity contribution in [2.75, 3.05) is 27.3 Å². The van der Waals surface area contributed by atoms with Gasteiger partial charge >= 0.3 is 0 Å². The first kappa shape index (κ1) is 43.5. The van der Waals surface area contributed by atoms with Gasteiger partial charge in [-0.1, -0.05) is 30.8 Å². The number of hydrogen-bond acceptors (Lipinski definition) is 11. The van der Waals surface area contributed by atoms with Crippen LogP contribution in [0.1, 0.15) is 46.5 Å². The number of methoxy groups -OCH3 is 1. The van der Waals surface area contributed by atoms with E-state index in [-0.39, 0.29) is 29.2 Å². The van der Waals surface area contributed by atoms with Crippen LogP contribution in [0.15, 0.2) is 72.5 Å². The van der Waals surface area contributed by atoms with Gasteiger partial charge in [0.05, 0.1) is 26.0 Å². The summed E-state index contributed by atoms with van der Waals surface area (Å²) >= 11 is 0.973. The fraction of sp³-hybridized carbons (Fsp3) is 0.317. The number of fused-ring (bicyclic) bond motifs is 4. The van der Waals surface area contributed by atoms with Crippen LogP contribution in [-0.2, 0) is 41.6 Å². The summed E-state index contributed by atoms with van der Waals surface area (Å²) < 4.78 is 5.60. The van der Waals surface area contributed by atoms with Gasteiger partial charge in [0.25, 0.3) is 11.8 Å². The maximum Gasteiger partial charge on any atom is 0.271 e. The number of benzene rings is 2. The van der Waals surface area contributed by atoms with Crippen molar-refractivity contribution in [2.24, 2.45) is 0 Å². The lowest BCUT2D eigenvalue weighted by atomic mass is 10.0. The lowest BCUT2D eigenvalue weighted by molar-refractivity contribution is -0.134. The van der Waals surface area contributed by atoms with E-state index in [1.54, 1.807) is 24.5 Å². The molecule has 9 N–H and O–H groups in total. The standard InChI is InChI=1S/C41H46N10O9S/c1-20-36(55)46-22(3)41(59)51(4)17-33(53)47-30(18-52)40-50-31(19-61-40)39(58)49-28(13-23-15-42-26-10-7-6-9-25(23)26)38(57)48-29(37(56)45-21(2)35(54)44-20)14-24-16-43-27-11-8-12-32(60-5)34(24)27/h6-12,15-16,19-21,28-30,42-43,52H,3,13-14,17-18H2,1-2,4-5H3,(H,44,54)(H,45,56)(H,46,55)(H,47,53)(H,48,57)(H,49,58). The van der Waals surface area contributed by atoms with E-state index >= 15 is 0 Å². The molecule has 0 radical (unpaired) electrons. The smallest absolute Gasteiger partial charge is 0.271 e. The number of rotatable bonds is 6. The molecule has 6 rings (SSSR count). The number of nitrogens with zero attached hydrogens (tertiary/aromatic N) is 2. The second-order valence-electron chi connectivity index (χ2n) is 14.5. The number of nitrogens with one attached hydrogen (secondary N) is 8. The van der Waals surface area contributed by atoms with Crippen molar-refractivity contribution >= 4 is 74.5 Å². The summed E-state index contributed by atoms with van der Waals surface area (Å²) in [5, 5.41) is 28.8. The predicted molar refractivity (Wildman–Crippen MR) is 224 cm³/mol. The Labute approximate surface area is 353 Å². The van der Waals surface area contributed by atoms with Gasteiger partial charge < -0.3 is 56.6 Å². The highest BCUT2D eigenvalue weighted by Gasteiger charge is 2.32. The van der Waals surface area contributed by atoms with Gasteiger partial charge in [-0.3, -0.25) is 33.6 Å². The number of aromatic nitrogens is 3. The number of aromatic amines is 2. The molecule has 0 saturated heterocycles. The first-order valence-corrected chi connectivity index (χ1v) is 20.1. The molecule has 4 heterocycles. The van der Waals surface area contributed by atoms with Crippen molar-refractivity contribution in [1.82, 2.24) is 51.8 Å². The maximum atomic E-state index is 14.5. The molecular weight excluding hydrogens is 809 g/mol. The highest BCUT2D eigenvalue weighted by Crippen LogP contribution is 2.29. The first-order chi connectivity index (χ1) is 29.2. The van der Waals surface area contributed by atoms with Crippen LogP contribution in [0.25, 0.3) is 21.8 Å². The zero-order chi connectivity index (χ0) is 44.0. The van der Waals surface area contributed by atoms with E-state index in [0.717, 1.165) is 27.1 Å². The molecule has 20 heteroatoms. The van der Waals surface area contributed by atoms with Gasteiger partial charge in [-0.25, -0.2) is 4.98 Å². The molecule has 3 aromatic heterocycles. The minimum absolute atomic E-state index is 0.0272. The molecule has 5 aromatic rings. The van der Waals surface area contributed by atoms with E-state index < -0.39 is 84.7 Å². The van der Waals surface area contributed by atoms with Gasteiger partial charge in [-0.2, -0.15) is 0 Å². The second kappa shape index (κ2) is 18.9. The van der Waals surface area contributed by atoms with Crippen LogP contribution in [0, 0.1) is 0 Å². The van der Waals surface area contributed by atoms with Gasteiger partial charge in [-0.05, 0) is 43.2 Å². The average molecular weight is 855 g/mol. The lowest BCUT2D eigenvalue weighted by Crippen LogP contribution is -2.58. The average Bonchev–Trinajstić information content (AvgIpc) is 4.01. The molecule has 0 aliphatic carbocycles. The van der Waals surface area contributed by atoms with E-state index in [1.165, 1.54) is 33.4 Å². The Bertz CT molecular complexity index is 2510. The highest BCUT2D eigenvalue weighted by molar-refractivity contribution is 7.10. The number of hydrogen-bond donors (Lipinski definition) is 9. The van der Waals surface area contributed by atoms with Crippen molar-refractivity contribution < 1.29 is 43.4 Å². The zero-order valence-corrected chi connectivity index (χ0v) is 34.5. The summed E-state index contributed by atoms with van der Waals surface area (Å²) in [6.45, 7) is 5.22. The van der Waals surface area contributed by atoms with Crippen molar-refractivity contribution in [3.63, 3.8) is 0 Å². The SMILES string of the molecule is C=C1NC(=O)C(C)NC(=O)C(C)NC(=O)C(Cc2c[nH]c3cccc(OC)c23)NC(=O)C(Cc2c[nH]c3ccccc23)NC(=O)c2csc(n2)C(CO)NC(=O)CN(C)C1=O. The largest absolute Gasteiger partial charge is 0.496 e. The second-order valence-corrected chi connectivity index (χ2v) is 15.4. The Morgan fingerprint density at radius 2 is 1.43 bits per heavy atom. The molecule has 5 unspecified atom stereocenters. The van der Waals surface area contributed by atoms with Crippen molar-refractivity contribution in [3.8, 4) is 5.75 Å². The number of likely N-dealkylation sites (N-methyl/N-ethyl adjacent to an activating group) is 1. The molecule has 0 spiro atoms. The molecule has 19 nitrogen and oxygen atoms in total. The van der Waals surface area contributed by atoms with Gasteiger partial charge in [-0.15, -0.1) is 11.3 Å². The third kappa shape index (κ3) is 10.0. The minimum Gasteiger partial charge on any atom is -0.496 e. The Morgan fingerprint density at radius 3 is 2.18 bits per heavy atom. The summed E-state index contributed by atoms with van der Waals surface area (Å²) in [6.07, 6.45) is 3.28. The fourth-order valence-electron chi connectivity index (χ4n) is 6.80.